The van der Waals surface area contributed by atoms with E-state index in [-0.39, 0.29) is 0 Å². The zero-order valence-electron chi connectivity index (χ0n) is 11.9. The third kappa shape index (κ3) is 2.69. The second-order valence-corrected chi connectivity index (χ2v) is 4.58. The van der Waals surface area contributed by atoms with Gasteiger partial charge in [-0.25, -0.2) is 4.79 Å². The van der Waals surface area contributed by atoms with Crippen molar-refractivity contribution < 1.29 is 9.53 Å². The summed E-state index contributed by atoms with van der Waals surface area (Å²) < 4.78 is 4.77. The van der Waals surface area contributed by atoms with Gasteiger partial charge in [0.1, 0.15) is 0 Å². The largest absolute Gasteiger partial charge is 0.465 e. The molecule has 108 valence electrons. The molecule has 0 atom stereocenters. The van der Waals surface area contributed by atoms with Crippen molar-refractivity contribution in [3.05, 3.63) is 66.9 Å². The van der Waals surface area contributed by atoms with Gasteiger partial charge >= 0.3 is 5.97 Å². The predicted molar refractivity (Wildman–Crippen MR) is 82.0 cm³/mol. The van der Waals surface area contributed by atoms with E-state index in [9.17, 15) is 4.79 Å². The summed E-state index contributed by atoms with van der Waals surface area (Å²) in [5.74, 6) is -0.413. The van der Waals surface area contributed by atoms with Crippen LogP contribution in [0.4, 0.5) is 0 Å². The number of hydrogen-bond donors (Lipinski definition) is 0. The first-order valence-electron chi connectivity index (χ1n) is 6.69. The van der Waals surface area contributed by atoms with E-state index in [1.54, 1.807) is 30.9 Å². The van der Waals surface area contributed by atoms with E-state index >= 15 is 0 Å². The Bertz CT molecular complexity index is 790. The monoisotopic (exact) mass is 291 g/mol. The topological polar surface area (TPSA) is 65.0 Å². The number of methoxy groups -OCH3 is 1. The van der Waals surface area contributed by atoms with Gasteiger partial charge < -0.3 is 4.74 Å². The van der Waals surface area contributed by atoms with Gasteiger partial charge in [0.25, 0.3) is 0 Å². The highest BCUT2D eigenvalue weighted by Crippen LogP contribution is 2.30. The van der Waals surface area contributed by atoms with Crippen molar-refractivity contribution in [3.63, 3.8) is 0 Å². The number of esters is 1. The number of carbonyl (C=O) groups excluding carboxylic acids is 1. The Morgan fingerprint density at radius 1 is 0.955 bits per heavy atom. The van der Waals surface area contributed by atoms with E-state index in [0.29, 0.717) is 5.56 Å². The number of ether oxygens (including phenoxy) is 1. The SMILES string of the molecule is COC(=O)c1cnc(-c2ccncc2)c(-c2ccncc2)c1. The van der Waals surface area contributed by atoms with Crippen molar-refractivity contribution in [2.75, 3.05) is 7.11 Å². The zero-order chi connectivity index (χ0) is 15.4. The van der Waals surface area contributed by atoms with Gasteiger partial charge in [0.05, 0.1) is 18.4 Å². The molecular formula is C17H13N3O2. The Morgan fingerprint density at radius 2 is 1.55 bits per heavy atom. The van der Waals surface area contributed by atoms with Crippen LogP contribution < -0.4 is 0 Å². The molecule has 0 saturated carbocycles. The highest BCUT2D eigenvalue weighted by molar-refractivity contribution is 5.92. The number of rotatable bonds is 3. The molecule has 3 aromatic rings. The van der Waals surface area contributed by atoms with Crippen molar-refractivity contribution >= 4 is 5.97 Å². The lowest BCUT2D eigenvalue weighted by Crippen LogP contribution is -2.03. The number of hydrogen-bond acceptors (Lipinski definition) is 5. The van der Waals surface area contributed by atoms with Crippen molar-refractivity contribution in [1.29, 1.82) is 0 Å². The van der Waals surface area contributed by atoms with Crippen LogP contribution in [-0.2, 0) is 4.74 Å². The summed E-state index contributed by atoms with van der Waals surface area (Å²) in [6.45, 7) is 0. The quantitative estimate of drug-likeness (QED) is 0.694. The molecule has 0 amide bonds. The average molecular weight is 291 g/mol. The molecule has 0 bridgehead atoms. The summed E-state index contributed by atoms with van der Waals surface area (Å²) in [7, 11) is 1.35. The lowest BCUT2D eigenvalue weighted by molar-refractivity contribution is 0.0600. The summed E-state index contributed by atoms with van der Waals surface area (Å²) in [5.41, 5.74) is 3.89. The van der Waals surface area contributed by atoms with Gasteiger partial charge in [-0.05, 0) is 35.9 Å². The number of nitrogens with zero attached hydrogens (tertiary/aromatic N) is 3. The Hall–Kier alpha value is -3.08. The predicted octanol–water partition coefficient (Wildman–Crippen LogP) is 2.99. The van der Waals surface area contributed by atoms with E-state index in [4.69, 9.17) is 4.74 Å². The molecule has 0 fully saturated rings. The summed E-state index contributed by atoms with van der Waals surface area (Å²) in [4.78, 5) is 24.3. The van der Waals surface area contributed by atoms with E-state index in [2.05, 4.69) is 15.0 Å². The molecule has 0 aliphatic heterocycles. The Labute approximate surface area is 127 Å². The molecule has 5 nitrogen and oxygen atoms in total. The molecule has 0 unspecified atom stereocenters. The Morgan fingerprint density at radius 3 is 2.14 bits per heavy atom. The smallest absolute Gasteiger partial charge is 0.339 e. The highest BCUT2D eigenvalue weighted by Gasteiger charge is 2.14. The molecule has 0 aromatic carbocycles. The molecule has 0 aliphatic carbocycles. The number of pyridine rings is 3. The fraction of sp³-hybridized carbons (Fsp3) is 0.0588. The van der Waals surface area contributed by atoms with Crippen LogP contribution >= 0.6 is 0 Å². The van der Waals surface area contributed by atoms with Crippen LogP contribution in [0.25, 0.3) is 22.4 Å². The summed E-state index contributed by atoms with van der Waals surface area (Å²) >= 11 is 0. The lowest BCUT2D eigenvalue weighted by Gasteiger charge is -2.10. The molecule has 0 aliphatic rings. The fourth-order valence-corrected chi connectivity index (χ4v) is 2.19. The minimum Gasteiger partial charge on any atom is -0.465 e. The average Bonchev–Trinajstić information content (AvgIpc) is 2.62. The van der Waals surface area contributed by atoms with Crippen LogP contribution in [0, 0.1) is 0 Å². The molecule has 0 radical (unpaired) electrons. The van der Waals surface area contributed by atoms with Crippen LogP contribution in [-0.4, -0.2) is 28.0 Å². The fourth-order valence-electron chi connectivity index (χ4n) is 2.19. The minimum absolute atomic E-state index is 0.409. The first-order chi connectivity index (χ1) is 10.8. The van der Waals surface area contributed by atoms with Crippen LogP contribution in [0.5, 0.6) is 0 Å². The van der Waals surface area contributed by atoms with Crippen LogP contribution in [0.3, 0.4) is 0 Å². The van der Waals surface area contributed by atoms with E-state index < -0.39 is 5.97 Å². The normalized spacial score (nSPS) is 10.2. The van der Waals surface area contributed by atoms with E-state index in [1.165, 1.54) is 13.3 Å². The lowest BCUT2D eigenvalue weighted by atomic mass is 9.99. The first kappa shape index (κ1) is 13.9. The Kier molecular flexibility index (Phi) is 3.87. The van der Waals surface area contributed by atoms with Crippen molar-refractivity contribution in [3.8, 4) is 22.4 Å². The standard InChI is InChI=1S/C17H13N3O2/c1-22-17(21)14-10-15(12-2-6-18-7-3-12)16(20-11-14)13-4-8-19-9-5-13/h2-11H,1H3. The summed E-state index contributed by atoms with van der Waals surface area (Å²) in [6, 6.07) is 9.30. The molecule has 3 aromatic heterocycles. The summed E-state index contributed by atoms with van der Waals surface area (Å²) in [5, 5.41) is 0. The second kappa shape index (κ2) is 6.13. The maximum atomic E-state index is 11.8. The van der Waals surface area contributed by atoms with Gasteiger partial charge in [-0.3, -0.25) is 15.0 Å². The van der Waals surface area contributed by atoms with Gasteiger partial charge in [0.15, 0.2) is 0 Å². The number of carbonyl (C=O) groups is 1. The van der Waals surface area contributed by atoms with Crippen molar-refractivity contribution in [1.82, 2.24) is 15.0 Å². The van der Waals surface area contributed by atoms with Crippen LogP contribution in [0.1, 0.15) is 10.4 Å². The molecular weight excluding hydrogens is 278 g/mol. The van der Waals surface area contributed by atoms with Gasteiger partial charge in [-0.1, -0.05) is 0 Å². The highest BCUT2D eigenvalue weighted by atomic mass is 16.5. The van der Waals surface area contributed by atoms with Crippen molar-refractivity contribution in [2.24, 2.45) is 0 Å². The Balaban J connectivity index is 2.20. The maximum absolute atomic E-state index is 11.8. The second-order valence-electron chi connectivity index (χ2n) is 4.58. The van der Waals surface area contributed by atoms with E-state index in [1.807, 2.05) is 24.3 Å². The summed E-state index contributed by atoms with van der Waals surface area (Å²) in [6.07, 6.45) is 8.35. The molecule has 0 spiro atoms. The van der Waals surface area contributed by atoms with Crippen LogP contribution in [0.15, 0.2) is 61.3 Å². The zero-order valence-corrected chi connectivity index (χ0v) is 11.9. The van der Waals surface area contributed by atoms with Gasteiger partial charge in [0.2, 0.25) is 0 Å². The maximum Gasteiger partial charge on any atom is 0.339 e. The van der Waals surface area contributed by atoms with Crippen LogP contribution in [0.2, 0.25) is 0 Å². The van der Waals surface area contributed by atoms with Gasteiger partial charge in [0, 0.05) is 42.1 Å². The molecule has 3 heterocycles. The first-order valence-corrected chi connectivity index (χ1v) is 6.69. The molecule has 22 heavy (non-hydrogen) atoms. The third-order valence-electron chi connectivity index (χ3n) is 3.25. The molecule has 5 heteroatoms. The van der Waals surface area contributed by atoms with E-state index in [0.717, 1.165) is 22.4 Å². The number of aromatic nitrogens is 3. The van der Waals surface area contributed by atoms with Gasteiger partial charge in [-0.2, -0.15) is 0 Å². The van der Waals surface area contributed by atoms with Crippen molar-refractivity contribution in [2.45, 2.75) is 0 Å². The minimum atomic E-state index is -0.413. The van der Waals surface area contributed by atoms with Gasteiger partial charge in [-0.15, -0.1) is 0 Å². The molecule has 0 N–H and O–H groups in total. The third-order valence-corrected chi connectivity index (χ3v) is 3.25. The molecule has 0 saturated heterocycles. The molecule has 3 rings (SSSR count).